The van der Waals surface area contributed by atoms with Gasteiger partial charge in [-0.15, -0.1) is 0 Å². The zero-order valence-electron chi connectivity index (χ0n) is 8.72. The maximum atomic E-state index is 13.1. The van der Waals surface area contributed by atoms with Crippen LogP contribution in [0.5, 0.6) is 0 Å². The first kappa shape index (κ1) is 12.5. The molecule has 0 unspecified atom stereocenters. The van der Waals surface area contributed by atoms with Crippen LogP contribution in [0.2, 0.25) is 0 Å². The first-order chi connectivity index (χ1) is 7.24. The highest BCUT2D eigenvalue weighted by molar-refractivity contribution is 9.10. The molecule has 1 N–H and O–H groups in total. The fourth-order valence-corrected chi connectivity index (χ4v) is 1.37. The van der Waals surface area contributed by atoms with E-state index in [2.05, 4.69) is 28.2 Å². The Morgan fingerprint density at radius 3 is 2.87 bits per heavy atom. The molecule has 0 aliphatic rings. The molecule has 1 aromatic rings. The van der Waals surface area contributed by atoms with Gasteiger partial charge in [0.15, 0.2) is 0 Å². The quantitative estimate of drug-likeness (QED) is 0.804. The summed E-state index contributed by atoms with van der Waals surface area (Å²) >= 11 is 3.10. The second kappa shape index (κ2) is 6.80. The van der Waals surface area contributed by atoms with Gasteiger partial charge in [0.1, 0.15) is 5.82 Å². The van der Waals surface area contributed by atoms with E-state index < -0.39 is 0 Å². The summed E-state index contributed by atoms with van der Waals surface area (Å²) in [4.78, 5) is 0. The van der Waals surface area contributed by atoms with Crippen molar-refractivity contribution < 1.29 is 9.13 Å². The Morgan fingerprint density at radius 1 is 1.40 bits per heavy atom. The summed E-state index contributed by atoms with van der Waals surface area (Å²) in [6.07, 6.45) is 1.02. The number of hydrogen-bond donors (Lipinski definition) is 1. The van der Waals surface area contributed by atoms with Crippen LogP contribution in [0.4, 0.5) is 10.1 Å². The van der Waals surface area contributed by atoms with Gasteiger partial charge in [0.25, 0.3) is 0 Å². The molecule has 1 rings (SSSR count). The van der Waals surface area contributed by atoms with Crippen molar-refractivity contribution in [2.45, 2.75) is 13.3 Å². The molecule has 4 heteroatoms. The molecule has 1 aromatic carbocycles. The van der Waals surface area contributed by atoms with Crippen LogP contribution in [0, 0.1) is 5.82 Å². The summed E-state index contributed by atoms with van der Waals surface area (Å²) in [6.45, 7) is 4.18. The normalized spacial score (nSPS) is 10.3. The number of rotatable bonds is 6. The molecule has 0 spiro atoms. The van der Waals surface area contributed by atoms with E-state index in [9.17, 15) is 4.39 Å². The summed E-state index contributed by atoms with van der Waals surface area (Å²) in [5, 5.41) is 3.09. The maximum absolute atomic E-state index is 13.1. The first-order valence-electron chi connectivity index (χ1n) is 5.00. The van der Waals surface area contributed by atoms with Gasteiger partial charge in [0.2, 0.25) is 0 Å². The summed E-state index contributed by atoms with van der Waals surface area (Å²) < 4.78 is 18.9. The van der Waals surface area contributed by atoms with Crippen LogP contribution in [-0.2, 0) is 4.74 Å². The summed E-state index contributed by atoms with van der Waals surface area (Å²) in [5.41, 5.74) is 0.774. The minimum Gasteiger partial charge on any atom is -0.383 e. The minimum atomic E-state index is -0.255. The molecular formula is C11H15BrFNO. The van der Waals surface area contributed by atoms with Gasteiger partial charge < -0.3 is 10.1 Å². The van der Waals surface area contributed by atoms with Crippen molar-refractivity contribution in [3.8, 4) is 0 Å². The average Bonchev–Trinajstić information content (AvgIpc) is 2.23. The number of halogens is 2. The van der Waals surface area contributed by atoms with E-state index in [1.165, 1.54) is 6.07 Å². The molecule has 0 saturated carbocycles. The predicted molar refractivity (Wildman–Crippen MR) is 63.7 cm³/mol. The third-order valence-corrected chi connectivity index (χ3v) is 2.49. The molecule has 0 saturated heterocycles. The molecule has 84 valence electrons. The Morgan fingerprint density at radius 2 is 2.20 bits per heavy atom. The fraction of sp³-hybridized carbons (Fsp3) is 0.455. The van der Waals surface area contributed by atoms with Gasteiger partial charge >= 0.3 is 0 Å². The summed E-state index contributed by atoms with van der Waals surface area (Å²) in [5.74, 6) is -0.255. The van der Waals surface area contributed by atoms with Crippen LogP contribution in [0.1, 0.15) is 13.3 Å². The van der Waals surface area contributed by atoms with E-state index in [0.717, 1.165) is 18.7 Å². The molecule has 15 heavy (non-hydrogen) atoms. The van der Waals surface area contributed by atoms with Crippen LogP contribution in [-0.4, -0.2) is 19.8 Å². The molecule has 0 amide bonds. The van der Waals surface area contributed by atoms with E-state index in [4.69, 9.17) is 4.74 Å². The van der Waals surface area contributed by atoms with Gasteiger partial charge in [0, 0.05) is 18.8 Å². The van der Waals surface area contributed by atoms with Crippen molar-refractivity contribution in [2.75, 3.05) is 25.1 Å². The average molecular weight is 276 g/mol. The molecule has 0 radical (unpaired) electrons. The monoisotopic (exact) mass is 275 g/mol. The number of hydrogen-bond acceptors (Lipinski definition) is 2. The van der Waals surface area contributed by atoms with Gasteiger partial charge in [0.05, 0.1) is 11.1 Å². The summed E-state index contributed by atoms with van der Waals surface area (Å²) in [7, 11) is 0. The van der Waals surface area contributed by atoms with Gasteiger partial charge in [-0.25, -0.2) is 4.39 Å². The topological polar surface area (TPSA) is 21.3 Å². The Balaban J connectivity index is 2.28. The van der Waals surface area contributed by atoms with Crippen molar-refractivity contribution in [1.82, 2.24) is 0 Å². The van der Waals surface area contributed by atoms with Crippen LogP contribution >= 0.6 is 15.9 Å². The lowest BCUT2D eigenvalue weighted by molar-refractivity contribution is 0.144. The van der Waals surface area contributed by atoms with Gasteiger partial charge in [-0.1, -0.05) is 6.92 Å². The highest BCUT2D eigenvalue weighted by Gasteiger charge is 1.99. The lowest BCUT2D eigenvalue weighted by atomic mass is 10.3. The number of anilines is 1. The minimum absolute atomic E-state index is 0.255. The van der Waals surface area contributed by atoms with Crippen LogP contribution in [0.15, 0.2) is 22.7 Å². The second-order valence-electron chi connectivity index (χ2n) is 3.17. The van der Waals surface area contributed by atoms with Crippen LogP contribution in [0.25, 0.3) is 0 Å². The Labute approximate surface area is 98.0 Å². The number of ether oxygens (including phenoxy) is 1. The lowest BCUT2D eigenvalue weighted by Gasteiger charge is -2.07. The van der Waals surface area contributed by atoms with E-state index in [-0.39, 0.29) is 5.82 Å². The molecule has 0 aliphatic carbocycles. The smallest absolute Gasteiger partial charge is 0.139 e. The standard InChI is InChI=1S/C11H15BrFNO/c1-2-6-15-7-5-14-9-3-4-10(12)11(13)8-9/h3-4,8,14H,2,5-7H2,1H3. The predicted octanol–water partition coefficient (Wildman–Crippen LogP) is 3.43. The van der Waals surface area contributed by atoms with E-state index in [1.807, 2.05) is 6.07 Å². The van der Waals surface area contributed by atoms with Crippen molar-refractivity contribution in [2.24, 2.45) is 0 Å². The third-order valence-electron chi connectivity index (χ3n) is 1.84. The highest BCUT2D eigenvalue weighted by atomic mass is 79.9. The number of nitrogens with one attached hydrogen (secondary N) is 1. The zero-order chi connectivity index (χ0) is 11.1. The molecule has 0 fully saturated rings. The molecule has 2 nitrogen and oxygen atoms in total. The van der Waals surface area contributed by atoms with Crippen LogP contribution < -0.4 is 5.32 Å². The van der Waals surface area contributed by atoms with E-state index in [1.54, 1.807) is 6.07 Å². The molecule has 0 heterocycles. The molecular weight excluding hydrogens is 261 g/mol. The maximum Gasteiger partial charge on any atom is 0.139 e. The summed E-state index contributed by atoms with van der Waals surface area (Å²) in [6, 6.07) is 4.97. The fourth-order valence-electron chi connectivity index (χ4n) is 1.12. The van der Waals surface area contributed by atoms with E-state index >= 15 is 0 Å². The Kier molecular flexibility index (Phi) is 5.65. The van der Waals surface area contributed by atoms with Crippen molar-refractivity contribution >= 4 is 21.6 Å². The Bertz CT molecular complexity index is 307. The SMILES string of the molecule is CCCOCCNc1ccc(Br)c(F)c1. The van der Waals surface area contributed by atoms with Crippen molar-refractivity contribution in [3.05, 3.63) is 28.5 Å². The second-order valence-corrected chi connectivity index (χ2v) is 4.02. The van der Waals surface area contributed by atoms with Crippen LogP contribution in [0.3, 0.4) is 0 Å². The molecule has 0 bridgehead atoms. The van der Waals surface area contributed by atoms with Gasteiger partial charge in [-0.05, 0) is 40.5 Å². The van der Waals surface area contributed by atoms with Crippen molar-refractivity contribution in [1.29, 1.82) is 0 Å². The number of benzene rings is 1. The first-order valence-corrected chi connectivity index (χ1v) is 5.80. The molecule has 0 atom stereocenters. The highest BCUT2D eigenvalue weighted by Crippen LogP contribution is 2.18. The van der Waals surface area contributed by atoms with Gasteiger partial charge in [-0.3, -0.25) is 0 Å². The zero-order valence-corrected chi connectivity index (χ0v) is 10.3. The molecule has 0 aromatic heterocycles. The van der Waals surface area contributed by atoms with E-state index in [0.29, 0.717) is 17.6 Å². The Hall–Kier alpha value is -0.610. The lowest BCUT2D eigenvalue weighted by Crippen LogP contribution is -2.09. The third kappa shape index (κ3) is 4.62. The molecule has 0 aliphatic heterocycles. The largest absolute Gasteiger partial charge is 0.383 e. The van der Waals surface area contributed by atoms with Gasteiger partial charge in [-0.2, -0.15) is 0 Å². The van der Waals surface area contributed by atoms with Crippen molar-refractivity contribution in [3.63, 3.8) is 0 Å².